The Bertz CT molecular complexity index is 425. The van der Waals surface area contributed by atoms with Gasteiger partial charge in [-0.2, -0.15) is 0 Å². The number of halogens is 2. The number of nitrogens with one attached hydrogen (secondary N) is 1. The third-order valence-electron chi connectivity index (χ3n) is 4.75. The lowest BCUT2D eigenvalue weighted by atomic mass is 9.68. The van der Waals surface area contributed by atoms with E-state index in [4.69, 9.17) is 0 Å². The molecule has 1 saturated carbocycles. The van der Waals surface area contributed by atoms with Crippen LogP contribution < -0.4 is 5.32 Å². The van der Waals surface area contributed by atoms with Crippen LogP contribution >= 0.6 is 0 Å². The van der Waals surface area contributed by atoms with Gasteiger partial charge < -0.3 is 5.32 Å². The van der Waals surface area contributed by atoms with Crippen LogP contribution in [0.3, 0.4) is 0 Å². The average Bonchev–Trinajstić information content (AvgIpc) is 2.47. The Balaban J connectivity index is 2.02. The van der Waals surface area contributed by atoms with Gasteiger partial charge in [-0.1, -0.05) is 19.3 Å². The zero-order chi connectivity index (χ0) is 14.4. The Hall–Kier alpha value is -0.960. The summed E-state index contributed by atoms with van der Waals surface area (Å²) in [7, 11) is 1.97. The quantitative estimate of drug-likeness (QED) is 0.812. The Morgan fingerprint density at radius 3 is 2.55 bits per heavy atom. The summed E-state index contributed by atoms with van der Waals surface area (Å²) in [6.07, 6.45) is 9.07. The molecule has 0 spiro atoms. The minimum absolute atomic E-state index is 0.272. The van der Waals surface area contributed by atoms with Crippen molar-refractivity contribution in [3.63, 3.8) is 0 Å². The highest BCUT2D eigenvalue weighted by Gasteiger charge is 2.31. The molecule has 0 unspecified atom stereocenters. The van der Waals surface area contributed by atoms with E-state index in [1.165, 1.54) is 50.3 Å². The van der Waals surface area contributed by atoms with E-state index in [9.17, 15) is 8.78 Å². The summed E-state index contributed by atoms with van der Waals surface area (Å²) in [5.74, 6) is -0.611. The van der Waals surface area contributed by atoms with Crippen molar-refractivity contribution >= 4 is 0 Å². The van der Waals surface area contributed by atoms with Gasteiger partial charge in [0.1, 0.15) is 11.6 Å². The maximum absolute atomic E-state index is 13.7. The molecule has 0 atom stereocenters. The lowest BCUT2D eigenvalue weighted by molar-refractivity contribution is 0.157. The fraction of sp³-hybridized carbons (Fsp3) is 0.647. The molecule has 0 aliphatic heterocycles. The van der Waals surface area contributed by atoms with Crippen LogP contribution in [0.15, 0.2) is 18.2 Å². The Morgan fingerprint density at radius 2 is 1.85 bits per heavy atom. The minimum atomic E-state index is -0.339. The van der Waals surface area contributed by atoms with Gasteiger partial charge >= 0.3 is 0 Å². The zero-order valence-corrected chi connectivity index (χ0v) is 12.4. The SMILES string of the molecule is CNCCC1(CCc2cc(F)ccc2F)CCCCC1. The number of rotatable bonds is 6. The van der Waals surface area contributed by atoms with Crippen LogP contribution in [0.1, 0.15) is 50.5 Å². The molecular formula is C17H25F2N. The predicted molar refractivity (Wildman–Crippen MR) is 78.7 cm³/mol. The maximum Gasteiger partial charge on any atom is 0.126 e. The molecule has 112 valence electrons. The van der Waals surface area contributed by atoms with E-state index in [2.05, 4.69) is 5.32 Å². The average molecular weight is 281 g/mol. The number of benzene rings is 1. The van der Waals surface area contributed by atoms with Crippen LogP contribution in [-0.4, -0.2) is 13.6 Å². The molecular weight excluding hydrogens is 256 g/mol. The molecule has 1 aliphatic rings. The molecule has 2 rings (SSSR count). The first kappa shape index (κ1) is 15.4. The zero-order valence-electron chi connectivity index (χ0n) is 12.4. The van der Waals surface area contributed by atoms with E-state index in [1.807, 2.05) is 7.05 Å². The first-order valence-corrected chi connectivity index (χ1v) is 7.74. The van der Waals surface area contributed by atoms with Crippen LogP contribution in [0.4, 0.5) is 8.78 Å². The predicted octanol–water partition coefficient (Wildman–Crippen LogP) is 4.46. The molecule has 1 nitrogen and oxygen atoms in total. The summed E-state index contributed by atoms with van der Waals surface area (Å²) in [5.41, 5.74) is 0.847. The molecule has 0 heterocycles. The topological polar surface area (TPSA) is 12.0 Å². The number of hydrogen-bond donors (Lipinski definition) is 1. The lowest BCUT2D eigenvalue weighted by Gasteiger charge is -2.38. The fourth-order valence-electron chi connectivity index (χ4n) is 3.45. The maximum atomic E-state index is 13.7. The van der Waals surface area contributed by atoms with Crippen molar-refractivity contribution < 1.29 is 8.78 Å². The summed E-state index contributed by atoms with van der Waals surface area (Å²) in [6, 6.07) is 3.78. The van der Waals surface area contributed by atoms with Crippen LogP contribution in [-0.2, 0) is 6.42 Å². The highest BCUT2D eigenvalue weighted by molar-refractivity contribution is 5.19. The molecule has 0 radical (unpaired) electrons. The van der Waals surface area contributed by atoms with Crippen molar-refractivity contribution in [2.24, 2.45) is 5.41 Å². The van der Waals surface area contributed by atoms with Gasteiger partial charge in [0.05, 0.1) is 0 Å². The van der Waals surface area contributed by atoms with Crippen molar-refractivity contribution in [3.8, 4) is 0 Å². The van der Waals surface area contributed by atoms with E-state index in [0.29, 0.717) is 17.4 Å². The standard InChI is InChI=1S/C17H25F2N/c1-20-12-11-17(8-3-2-4-9-17)10-7-14-13-15(18)5-6-16(14)19/h5-6,13,20H,2-4,7-12H2,1H3. The number of aryl methyl sites for hydroxylation is 1. The van der Waals surface area contributed by atoms with Gasteiger partial charge in [0.25, 0.3) is 0 Å². The molecule has 0 saturated heterocycles. The van der Waals surface area contributed by atoms with Crippen molar-refractivity contribution in [1.82, 2.24) is 5.32 Å². The summed E-state index contributed by atoms with van der Waals surface area (Å²) in [6.45, 7) is 1.01. The van der Waals surface area contributed by atoms with Gasteiger partial charge in [-0.3, -0.25) is 0 Å². The Labute approximate surface area is 120 Å². The first-order chi connectivity index (χ1) is 9.65. The summed E-state index contributed by atoms with van der Waals surface area (Å²) in [4.78, 5) is 0. The molecule has 0 amide bonds. The second-order valence-electron chi connectivity index (χ2n) is 6.15. The Kier molecular flexibility index (Phi) is 5.53. The molecule has 1 N–H and O–H groups in total. The van der Waals surface area contributed by atoms with E-state index >= 15 is 0 Å². The van der Waals surface area contributed by atoms with Crippen LogP contribution in [0.5, 0.6) is 0 Å². The van der Waals surface area contributed by atoms with Crippen LogP contribution in [0.2, 0.25) is 0 Å². The van der Waals surface area contributed by atoms with Gasteiger partial charge in [0, 0.05) is 0 Å². The van der Waals surface area contributed by atoms with Crippen LogP contribution in [0, 0.1) is 17.0 Å². The highest BCUT2D eigenvalue weighted by atomic mass is 19.1. The minimum Gasteiger partial charge on any atom is -0.320 e. The van der Waals surface area contributed by atoms with Crippen LogP contribution in [0.25, 0.3) is 0 Å². The molecule has 1 aromatic carbocycles. The summed E-state index contributed by atoms with van der Waals surface area (Å²) in [5, 5.41) is 3.22. The smallest absolute Gasteiger partial charge is 0.126 e. The van der Waals surface area contributed by atoms with Crippen molar-refractivity contribution in [2.75, 3.05) is 13.6 Å². The third-order valence-corrected chi connectivity index (χ3v) is 4.75. The van der Waals surface area contributed by atoms with E-state index < -0.39 is 0 Å². The second-order valence-corrected chi connectivity index (χ2v) is 6.15. The Morgan fingerprint density at radius 1 is 1.10 bits per heavy atom. The first-order valence-electron chi connectivity index (χ1n) is 7.74. The molecule has 0 aromatic heterocycles. The van der Waals surface area contributed by atoms with Crippen molar-refractivity contribution in [1.29, 1.82) is 0 Å². The normalized spacial score (nSPS) is 18.1. The van der Waals surface area contributed by atoms with E-state index in [-0.39, 0.29) is 11.6 Å². The summed E-state index contributed by atoms with van der Waals surface area (Å²) >= 11 is 0. The van der Waals surface area contributed by atoms with Crippen molar-refractivity contribution in [2.45, 2.75) is 51.4 Å². The van der Waals surface area contributed by atoms with Gasteiger partial charge in [0.2, 0.25) is 0 Å². The highest BCUT2D eigenvalue weighted by Crippen LogP contribution is 2.43. The molecule has 20 heavy (non-hydrogen) atoms. The van der Waals surface area contributed by atoms with E-state index in [1.54, 1.807) is 0 Å². The second kappa shape index (κ2) is 7.16. The van der Waals surface area contributed by atoms with Gasteiger partial charge in [-0.05, 0) is 74.9 Å². The van der Waals surface area contributed by atoms with Crippen molar-refractivity contribution in [3.05, 3.63) is 35.4 Å². The monoisotopic (exact) mass is 281 g/mol. The third kappa shape index (κ3) is 4.02. The summed E-state index contributed by atoms with van der Waals surface area (Å²) < 4.78 is 27.0. The molecule has 1 fully saturated rings. The molecule has 1 aliphatic carbocycles. The van der Waals surface area contributed by atoms with Gasteiger partial charge in [0.15, 0.2) is 0 Å². The molecule has 1 aromatic rings. The van der Waals surface area contributed by atoms with Gasteiger partial charge in [-0.25, -0.2) is 8.78 Å². The number of hydrogen-bond acceptors (Lipinski definition) is 1. The molecule has 0 bridgehead atoms. The molecule has 3 heteroatoms. The van der Waals surface area contributed by atoms with E-state index in [0.717, 1.165) is 19.4 Å². The fourth-order valence-corrected chi connectivity index (χ4v) is 3.45. The van der Waals surface area contributed by atoms with Gasteiger partial charge in [-0.15, -0.1) is 0 Å². The largest absolute Gasteiger partial charge is 0.320 e. The lowest BCUT2D eigenvalue weighted by Crippen LogP contribution is -2.29.